The van der Waals surface area contributed by atoms with Crippen molar-refractivity contribution >= 4 is 5.91 Å². The summed E-state index contributed by atoms with van der Waals surface area (Å²) in [6, 6.07) is 2.65. The van der Waals surface area contributed by atoms with Crippen molar-refractivity contribution < 1.29 is 9.53 Å². The van der Waals surface area contributed by atoms with Gasteiger partial charge in [0.2, 0.25) is 0 Å². The van der Waals surface area contributed by atoms with Gasteiger partial charge in [-0.2, -0.15) is 0 Å². The van der Waals surface area contributed by atoms with Crippen LogP contribution in [0.4, 0.5) is 0 Å². The van der Waals surface area contributed by atoms with E-state index in [1.807, 2.05) is 6.07 Å². The summed E-state index contributed by atoms with van der Waals surface area (Å²) in [7, 11) is 0. The van der Waals surface area contributed by atoms with Crippen LogP contribution in [0.15, 0.2) is 6.07 Å². The molecule has 1 saturated carbocycles. The van der Waals surface area contributed by atoms with Crippen molar-refractivity contribution in [3.05, 3.63) is 23.0 Å². The molecule has 1 aromatic heterocycles. The quantitative estimate of drug-likeness (QED) is 0.906. The number of amides is 1. The van der Waals surface area contributed by atoms with Gasteiger partial charge in [0.25, 0.3) is 5.91 Å². The van der Waals surface area contributed by atoms with Gasteiger partial charge in [0, 0.05) is 42.6 Å². The summed E-state index contributed by atoms with van der Waals surface area (Å²) in [6.45, 7) is 12.5. The number of aromatic nitrogens is 1. The molecule has 0 aromatic carbocycles. The topological polar surface area (TPSA) is 46.5 Å². The van der Waals surface area contributed by atoms with Crippen molar-refractivity contribution in [3.63, 3.8) is 0 Å². The third-order valence-electron chi connectivity index (χ3n) is 5.13. The van der Waals surface area contributed by atoms with Crippen LogP contribution >= 0.6 is 0 Å². The fourth-order valence-electron chi connectivity index (χ4n) is 3.61. The first-order valence-electron chi connectivity index (χ1n) is 8.69. The van der Waals surface area contributed by atoms with Gasteiger partial charge in [0.05, 0.1) is 18.8 Å². The monoisotopic (exact) mass is 319 g/mol. The zero-order valence-electron chi connectivity index (χ0n) is 14.8. The van der Waals surface area contributed by atoms with Crippen LogP contribution in [0.3, 0.4) is 0 Å². The minimum Gasteiger partial charge on any atom is -0.378 e. The standard InChI is InChI=1S/C18H29N3O2/c1-13-11-16(14(2)21(13)15-5-6-15)17(22)19-7-8-20-9-10-23-12-18(20,3)4/h11,15H,5-10,12H2,1-4H3,(H,19,22). The number of nitrogens with zero attached hydrogens (tertiary/aromatic N) is 2. The van der Waals surface area contributed by atoms with Gasteiger partial charge >= 0.3 is 0 Å². The number of nitrogens with one attached hydrogen (secondary N) is 1. The Morgan fingerprint density at radius 2 is 2.13 bits per heavy atom. The molecular formula is C18H29N3O2. The van der Waals surface area contributed by atoms with Crippen molar-refractivity contribution in [2.45, 2.75) is 52.1 Å². The van der Waals surface area contributed by atoms with Crippen LogP contribution in [0.25, 0.3) is 0 Å². The second kappa shape index (κ2) is 6.29. The van der Waals surface area contributed by atoms with Gasteiger partial charge in [0.15, 0.2) is 0 Å². The Hall–Kier alpha value is -1.33. The van der Waals surface area contributed by atoms with Crippen LogP contribution in [0, 0.1) is 13.8 Å². The molecule has 2 aliphatic rings. The van der Waals surface area contributed by atoms with E-state index in [1.165, 1.54) is 18.5 Å². The van der Waals surface area contributed by atoms with Crippen molar-refractivity contribution in [2.24, 2.45) is 0 Å². The highest BCUT2D eigenvalue weighted by molar-refractivity contribution is 5.95. The molecular weight excluding hydrogens is 290 g/mol. The molecule has 0 atom stereocenters. The minimum atomic E-state index is 0.0464. The van der Waals surface area contributed by atoms with E-state index in [-0.39, 0.29) is 11.4 Å². The lowest BCUT2D eigenvalue weighted by Crippen LogP contribution is -2.54. The van der Waals surface area contributed by atoms with E-state index in [9.17, 15) is 4.79 Å². The van der Waals surface area contributed by atoms with Crippen LogP contribution in [-0.2, 0) is 4.74 Å². The predicted octanol–water partition coefficient (Wildman–Crippen LogP) is 2.28. The van der Waals surface area contributed by atoms with Crippen LogP contribution in [0.5, 0.6) is 0 Å². The molecule has 5 heteroatoms. The van der Waals surface area contributed by atoms with E-state index in [0.717, 1.165) is 37.6 Å². The van der Waals surface area contributed by atoms with Crippen LogP contribution in [0.2, 0.25) is 0 Å². The maximum Gasteiger partial charge on any atom is 0.253 e. The number of hydrogen-bond donors (Lipinski definition) is 1. The van der Waals surface area contributed by atoms with Gasteiger partial charge in [-0.05, 0) is 46.6 Å². The molecule has 1 aliphatic heterocycles. The largest absolute Gasteiger partial charge is 0.378 e. The highest BCUT2D eigenvalue weighted by Crippen LogP contribution is 2.38. The normalized spacial score (nSPS) is 21.4. The van der Waals surface area contributed by atoms with Gasteiger partial charge < -0.3 is 14.6 Å². The van der Waals surface area contributed by atoms with Gasteiger partial charge in [0.1, 0.15) is 0 Å². The molecule has 128 valence electrons. The molecule has 1 aliphatic carbocycles. The third-order valence-corrected chi connectivity index (χ3v) is 5.13. The van der Waals surface area contributed by atoms with Gasteiger partial charge in [-0.3, -0.25) is 9.69 Å². The second-order valence-corrected chi connectivity index (χ2v) is 7.49. The van der Waals surface area contributed by atoms with E-state index in [2.05, 4.69) is 42.5 Å². The lowest BCUT2D eigenvalue weighted by Gasteiger charge is -2.42. The number of carbonyl (C=O) groups excluding carboxylic acids is 1. The summed E-state index contributed by atoms with van der Waals surface area (Å²) in [4.78, 5) is 14.9. The Balaban J connectivity index is 1.56. The number of hydrogen-bond acceptors (Lipinski definition) is 3. The Labute approximate surface area is 139 Å². The fraction of sp³-hybridized carbons (Fsp3) is 0.722. The summed E-state index contributed by atoms with van der Waals surface area (Å²) < 4.78 is 7.86. The SMILES string of the molecule is Cc1cc(C(=O)NCCN2CCOCC2(C)C)c(C)n1C1CC1. The Morgan fingerprint density at radius 1 is 1.39 bits per heavy atom. The summed E-state index contributed by atoms with van der Waals surface area (Å²) in [5.41, 5.74) is 3.18. The van der Waals surface area contributed by atoms with Crippen molar-refractivity contribution in [1.82, 2.24) is 14.8 Å². The Kier molecular flexibility index (Phi) is 4.52. The van der Waals surface area contributed by atoms with E-state index in [0.29, 0.717) is 12.6 Å². The molecule has 0 spiro atoms. The molecule has 1 aromatic rings. The molecule has 3 rings (SSSR count). The number of ether oxygens (including phenoxy) is 1. The van der Waals surface area contributed by atoms with Crippen LogP contribution in [0.1, 0.15) is 54.5 Å². The van der Waals surface area contributed by atoms with Crippen LogP contribution in [-0.4, -0.2) is 53.8 Å². The van der Waals surface area contributed by atoms with E-state index >= 15 is 0 Å². The van der Waals surface area contributed by atoms with Gasteiger partial charge in [-0.25, -0.2) is 0 Å². The first-order valence-corrected chi connectivity index (χ1v) is 8.69. The summed E-state index contributed by atoms with van der Waals surface area (Å²) in [5, 5.41) is 3.09. The number of carbonyl (C=O) groups is 1. The average molecular weight is 319 g/mol. The van der Waals surface area contributed by atoms with Crippen molar-refractivity contribution in [1.29, 1.82) is 0 Å². The van der Waals surface area contributed by atoms with Crippen molar-refractivity contribution in [2.75, 3.05) is 32.8 Å². The predicted molar refractivity (Wildman–Crippen MR) is 91.0 cm³/mol. The molecule has 0 bridgehead atoms. The molecule has 23 heavy (non-hydrogen) atoms. The molecule has 2 fully saturated rings. The molecule has 2 heterocycles. The maximum absolute atomic E-state index is 12.5. The maximum atomic E-state index is 12.5. The smallest absolute Gasteiger partial charge is 0.253 e. The molecule has 1 amide bonds. The number of aryl methyl sites for hydroxylation is 1. The lowest BCUT2D eigenvalue weighted by atomic mass is 10.0. The van der Waals surface area contributed by atoms with E-state index in [4.69, 9.17) is 4.74 Å². The zero-order valence-corrected chi connectivity index (χ0v) is 14.8. The molecule has 1 N–H and O–H groups in total. The van der Waals surface area contributed by atoms with Crippen molar-refractivity contribution in [3.8, 4) is 0 Å². The first kappa shape index (κ1) is 16.5. The highest BCUT2D eigenvalue weighted by Gasteiger charge is 2.30. The third kappa shape index (κ3) is 3.45. The molecule has 0 radical (unpaired) electrons. The molecule has 0 unspecified atom stereocenters. The average Bonchev–Trinajstić information content (AvgIpc) is 3.26. The molecule has 1 saturated heterocycles. The summed E-state index contributed by atoms with van der Waals surface area (Å²) in [5.74, 6) is 0.0519. The van der Waals surface area contributed by atoms with Gasteiger partial charge in [-0.15, -0.1) is 0 Å². The summed E-state index contributed by atoms with van der Waals surface area (Å²) >= 11 is 0. The van der Waals surface area contributed by atoms with E-state index < -0.39 is 0 Å². The number of morpholine rings is 1. The van der Waals surface area contributed by atoms with E-state index in [1.54, 1.807) is 0 Å². The second-order valence-electron chi connectivity index (χ2n) is 7.49. The fourth-order valence-corrected chi connectivity index (χ4v) is 3.61. The lowest BCUT2D eigenvalue weighted by molar-refractivity contribution is -0.0498. The Morgan fingerprint density at radius 3 is 2.78 bits per heavy atom. The molecule has 5 nitrogen and oxygen atoms in total. The summed E-state index contributed by atoms with van der Waals surface area (Å²) in [6.07, 6.45) is 2.48. The first-order chi connectivity index (χ1) is 10.9. The Bertz CT molecular complexity index is 587. The number of rotatable bonds is 5. The minimum absolute atomic E-state index is 0.0464. The van der Waals surface area contributed by atoms with Gasteiger partial charge in [-0.1, -0.05) is 0 Å². The van der Waals surface area contributed by atoms with Crippen LogP contribution < -0.4 is 5.32 Å². The zero-order chi connectivity index (χ0) is 16.6. The highest BCUT2D eigenvalue weighted by atomic mass is 16.5.